The molecule has 1 heterocycles. The van der Waals surface area contributed by atoms with Crippen molar-refractivity contribution in [2.24, 2.45) is 0 Å². The van der Waals surface area contributed by atoms with Crippen LogP contribution in [0.15, 0.2) is 35.9 Å². The molecule has 0 spiro atoms. The minimum absolute atomic E-state index is 0.379. The van der Waals surface area contributed by atoms with Crippen molar-refractivity contribution in [2.45, 2.75) is 38.8 Å². The summed E-state index contributed by atoms with van der Waals surface area (Å²) in [6.45, 7) is 8.17. The van der Waals surface area contributed by atoms with Crippen LogP contribution in [0.1, 0.15) is 33.3 Å². The van der Waals surface area contributed by atoms with Gasteiger partial charge in [0.25, 0.3) is 0 Å². The lowest BCUT2D eigenvalue weighted by molar-refractivity contribution is -0.183. The van der Waals surface area contributed by atoms with Crippen LogP contribution in [0.5, 0.6) is 0 Å². The van der Waals surface area contributed by atoms with Gasteiger partial charge in [-0.05, 0) is 44.4 Å². The molecule has 0 saturated heterocycles. The summed E-state index contributed by atoms with van der Waals surface area (Å²) < 4.78 is 0. The van der Waals surface area contributed by atoms with Crippen LogP contribution in [0, 0.1) is 0 Å². The van der Waals surface area contributed by atoms with Gasteiger partial charge in [-0.1, -0.05) is 30.3 Å². The van der Waals surface area contributed by atoms with Gasteiger partial charge in [-0.25, -0.2) is 0 Å². The number of rotatable bonds is 2. The van der Waals surface area contributed by atoms with Crippen molar-refractivity contribution in [1.82, 2.24) is 5.06 Å². The van der Waals surface area contributed by atoms with Crippen LogP contribution in [0.3, 0.4) is 0 Å². The highest BCUT2D eigenvalue weighted by atomic mass is 32.1. The van der Waals surface area contributed by atoms with E-state index in [2.05, 4.69) is 24.8 Å². The summed E-state index contributed by atoms with van der Waals surface area (Å²) in [5.41, 5.74) is 2.76. The van der Waals surface area contributed by atoms with Crippen LogP contribution in [-0.2, 0) is 0 Å². The van der Waals surface area contributed by atoms with Crippen molar-refractivity contribution in [3.8, 4) is 0 Å². The maximum Gasteiger partial charge on any atom is 0.0668 e. The third-order valence-electron chi connectivity index (χ3n) is 3.93. The summed E-state index contributed by atoms with van der Waals surface area (Å²) >= 11 is 4.46. The summed E-state index contributed by atoms with van der Waals surface area (Å²) in [5, 5.41) is 11.9. The van der Waals surface area contributed by atoms with Gasteiger partial charge in [0, 0.05) is 5.75 Å². The SMILES string of the molecule is CC1(C)C(CS)=C(c2ccccc2)C(C)(C)N1O. The van der Waals surface area contributed by atoms with Gasteiger partial charge in [0.15, 0.2) is 0 Å². The number of benzene rings is 1. The molecule has 18 heavy (non-hydrogen) atoms. The Balaban J connectivity index is 2.67. The van der Waals surface area contributed by atoms with Crippen LogP contribution < -0.4 is 0 Å². The van der Waals surface area contributed by atoms with Crippen molar-refractivity contribution in [3.63, 3.8) is 0 Å². The molecular weight excluding hydrogens is 242 g/mol. The van der Waals surface area contributed by atoms with Crippen LogP contribution in [0.4, 0.5) is 0 Å². The second-order valence-corrected chi connectivity index (χ2v) is 6.12. The van der Waals surface area contributed by atoms with E-state index in [4.69, 9.17) is 0 Å². The van der Waals surface area contributed by atoms with Gasteiger partial charge < -0.3 is 5.21 Å². The smallest absolute Gasteiger partial charge is 0.0668 e. The molecule has 1 aliphatic rings. The van der Waals surface area contributed by atoms with E-state index < -0.39 is 5.54 Å². The zero-order valence-corrected chi connectivity index (χ0v) is 12.3. The minimum atomic E-state index is -0.400. The van der Waals surface area contributed by atoms with Gasteiger partial charge in [-0.15, -0.1) is 0 Å². The molecule has 0 bridgehead atoms. The first-order valence-corrected chi connectivity index (χ1v) is 6.86. The highest BCUT2D eigenvalue weighted by Gasteiger charge is 2.50. The molecule has 0 unspecified atom stereocenters. The third kappa shape index (κ3) is 1.81. The van der Waals surface area contributed by atoms with Gasteiger partial charge in [0.1, 0.15) is 0 Å². The van der Waals surface area contributed by atoms with Crippen molar-refractivity contribution in [3.05, 3.63) is 41.5 Å². The molecule has 1 aromatic rings. The zero-order chi connectivity index (χ0) is 13.6. The van der Waals surface area contributed by atoms with E-state index in [0.29, 0.717) is 5.75 Å². The predicted molar refractivity (Wildman–Crippen MR) is 79.0 cm³/mol. The number of hydrogen-bond acceptors (Lipinski definition) is 3. The monoisotopic (exact) mass is 263 g/mol. The summed E-state index contributed by atoms with van der Waals surface area (Å²) in [4.78, 5) is 0. The third-order valence-corrected chi connectivity index (χ3v) is 4.25. The lowest BCUT2D eigenvalue weighted by atomic mass is 9.86. The van der Waals surface area contributed by atoms with Gasteiger partial charge in [-0.2, -0.15) is 17.7 Å². The summed E-state index contributed by atoms with van der Waals surface area (Å²) in [6, 6.07) is 10.3. The number of thiol groups is 1. The minimum Gasteiger partial charge on any atom is -0.312 e. The van der Waals surface area contributed by atoms with Gasteiger partial charge in [0.05, 0.1) is 11.1 Å². The molecule has 0 atom stereocenters. The normalized spacial score (nSPS) is 22.6. The number of hydrogen-bond donors (Lipinski definition) is 2. The van der Waals surface area contributed by atoms with E-state index in [1.54, 1.807) is 0 Å². The Labute approximate surface area is 115 Å². The van der Waals surface area contributed by atoms with Crippen molar-refractivity contribution < 1.29 is 5.21 Å². The zero-order valence-electron chi connectivity index (χ0n) is 11.4. The highest BCUT2D eigenvalue weighted by Crippen LogP contribution is 2.48. The quantitative estimate of drug-likeness (QED) is 0.796. The van der Waals surface area contributed by atoms with Crippen molar-refractivity contribution >= 4 is 18.2 Å². The highest BCUT2D eigenvalue weighted by molar-refractivity contribution is 7.80. The Kier molecular flexibility index (Phi) is 3.34. The van der Waals surface area contributed by atoms with Gasteiger partial charge >= 0.3 is 0 Å². The lowest BCUT2D eigenvalue weighted by Crippen LogP contribution is -2.48. The molecule has 0 aromatic heterocycles. The fourth-order valence-corrected chi connectivity index (χ4v) is 3.56. The molecule has 0 fully saturated rings. The van der Waals surface area contributed by atoms with Crippen LogP contribution in [0.25, 0.3) is 5.57 Å². The van der Waals surface area contributed by atoms with E-state index in [1.165, 1.54) is 16.2 Å². The average molecular weight is 263 g/mol. The first-order valence-electron chi connectivity index (χ1n) is 6.23. The Morgan fingerprint density at radius 3 is 2.11 bits per heavy atom. The molecule has 2 nitrogen and oxygen atoms in total. The fraction of sp³-hybridized carbons (Fsp3) is 0.467. The lowest BCUT2D eigenvalue weighted by Gasteiger charge is -2.37. The van der Waals surface area contributed by atoms with E-state index >= 15 is 0 Å². The van der Waals surface area contributed by atoms with Crippen LogP contribution in [-0.4, -0.2) is 27.1 Å². The molecule has 2 rings (SSSR count). The van der Waals surface area contributed by atoms with E-state index in [9.17, 15) is 5.21 Å². The molecule has 1 aliphatic heterocycles. The average Bonchev–Trinajstić information content (AvgIpc) is 2.47. The molecular formula is C15H21NOS. The fourth-order valence-electron chi connectivity index (χ4n) is 3.01. The first-order chi connectivity index (χ1) is 8.33. The van der Waals surface area contributed by atoms with Crippen molar-refractivity contribution in [1.29, 1.82) is 0 Å². The summed E-state index contributed by atoms with van der Waals surface area (Å²) in [7, 11) is 0. The van der Waals surface area contributed by atoms with E-state index in [-0.39, 0.29) is 5.54 Å². The maximum atomic E-state index is 10.5. The Hall–Kier alpha value is -0.770. The molecule has 0 amide bonds. The molecule has 1 N–H and O–H groups in total. The number of hydroxylamine groups is 2. The van der Waals surface area contributed by atoms with Crippen LogP contribution in [0.2, 0.25) is 0 Å². The van der Waals surface area contributed by atoms with Gasteiger partial charge in [-0.3, -0.25) is 0 Å². The number of nitrogens with zero attached hydrogens (tertiary/aromatic N) is 1. The van der Waals surface area contributed by atoms with E-state index in [1.807, 2.05) is 45.9 Å². The summed E-state index contributed by atoms with van der Waals surface area (Å²) in [5.74, 6) is 0.651. The maximum absolute atomic E-state index is 10.5. The predicted octanol–water partition coefficient (Wildman–Crippen LogP) is 3.63. The molecule has 1 aromatic carbocycles. The van der Waals surface area contributed by atoms with E-state index in [0.717, 1.165) is 5.56 Å². The second kappa shape index (κ2) is 4.41. The molecule has 0 saturated carbocycles. The molecule has 3 heteroatoms. The standard InChI is InChI=1S/C15H21NOS/c1-14(2)12(10-18)13(15(3,4)16(14)17)11-8-6-5-7-9-11/h5-9,17-18H,10H2,1-4H3. The first kappa shape index (κ1) is 13.7. The van der Waals surface area contributed by atoms with Crippen molar-refractivity contribution in [2.75, 3.05) is 5.75 Å². The molecule has 0 aliphatic carbocycles. The largest absolute Gasteiger partial charge is 0.312 e. The Bertz CT molecular complexity index is 477. The molecule has 98 valence electrons. The Morgan fingerprint density at radius 2 is 1.61 bits per heavy atom. The van der Waals surface area contributed by atoms with Crippen LogP contribution >= 0.6 is 12.6 Å². The summed E-state index contributed by atoms with van der Waals surface area (Å²) in [6.07, 6.45) is 0. The molecule has 0 radical (unpaired) electrons. The Morgan fingerprint density at radius 1 is 1.06 bits per heavy atom. The second-order valence-electron chi connectivity index (χ2n) is 5.81. The van der Waals surface area contributed by atoms with Gasteiger partial charge in [0.2, 0.25) is 0 Å². The topological polar surface area (TPSA) is 23.5 Å².